The first-order chi connectivity index (χ1) is 10.1. The largest absolute Gasteiger partial charge is 0.388 e. The van der Waals surface area contributed by atoms with E-state index in [-0.39, 0.29) is 23.2 Å². The van der Waals surface area contributed by atoms with Crippen LogP contribution in [0.25, 0.3) is 0 Å². The Morgan fingerprint density at radius 3 is 2.81 bits per heavy atom. The van der Waals surface area contributed by atoms with Gasteiger partial charge in [-0.2, -0.15) is 11.8 Å². The number of benzene rings is 1. The van der Waals surface area contributed by atoms with E-state index in [1.807, 2.05) is 6.26 Å². The fourth-order valence-electron chi connectivity index (χ4n) is 2.65. The molecule has 1 saturated carbocycles. The molecule has 0 aromatic heterocycles. The molecule has 21 heavy (non-hydrogen) atoms. The Bertz CT molecular complexity index is 550. The SMILES string of the molecule is CNc1ccc([N+](=O)[O-])c(C(=O)NC2CCCC2SC)c1. The second kappa shape index (κ2) is 6.80. The Hall–Kier alpha value is -1.76. The van der Waals surface area contributed by atoms with Crippen LogP contribution in [0.5, 0.6) is 0 Å². The van der Waals surface area contributed by atoms with Crippen molar-refractivity contribution >= 4 is 29.0 Å². The molecule has 1 aromatic carbocycles. The van der Waals surface area contributed by atoms with Crippen molar-refractivity contribution in [3.8, 4) is 0 Å². The molecule has 2 unspecified atom stereocenters. The van der Waals surface area contributed by atoms with Crippen LogP contribution in [-0.4, -0.2) is 35.4 Å². The van der Waals surface area contributed by atoms with Crippen LogP contribution in [0.2, 0.25) is 0 Å². The highest BCUT2D eigenvalue weighted by Crippen LogP contribution is 2.29. The summed E-state index contributed by atoms with van der Waals surface area (Å²) in [5.41, 5.74) is 0.627. The van der Waals surface area contributed by atoms with E-state index in [4.69, 9.17) is 0 Å². The second-order valence-corrected chi connectivity index (χ2v) is 6.10. The lowest BCUT2D eigenvalue weighted by atomic mass is 10.1. The molecular weight excluding hydrogens is 290 g/mol. The average Bonchev–Trinajstić information content (AvgIpc) is 2.93. The number of nitro groups is 1. The van der Waals surface area contributed by atoms with E-state index in [1.165, 1.54) is 12.1 Å². The first-order valence-electron chi connectivity index (χ1n) is 6.86. The van der Waals surface area contributed by atoms with Crippen LogP contribution in [-0.2, 0) is 0 Å². The maximum absolute atomic E-state index is 12.4. The topological polar surface area (TPSA) is 84.3 Å². The van der Waals surface area contributed by atoms with Crippen molar-refractivity contribution in [2.75, 3.05) is 18.6 Å². The molecule has 2 rings (SSSR count). The lowest BCUT2D eigenvalue weighted by Crippen LogP contribution is -2.38. The van der Waals surface area contributed by atoms with Gasteiger partial charge in [-0.05, 0) is 31.2 Å². The summed E-state index contributed by atoms with van der Waals surface area (Å²) in [7, 11) is 1.71. The molecule has 114 valence electrons. The minimum Gasteiger partial charge on any atom is -0.388 e. The zero-order chi connectivity index (χ0) is 15.4. The molecule has 7 heteroatoms. The highest BCUT2D eigenvalue weighted by molar-refractivity contribution is 7.99. The molecule has 0 spiro atoms. The van der Waals surface area contributed by atoms with E-state index in [0.717, 1.165) is 19.3 Å². The van der Waals surface area contributed by atoms with Gasteiger partial charge in [0.1, 0.15) is 5.56 Å². The number of anilines is 1. The molecule has 0 heterocycles. The van der Waals surface area contributed by atoms with Crippen LogP contribution in [0.4, 0.5) is 11.4 Å². The molecule has 2 atom stereocenters. The van der Waals surface area contributed by atoms with E-state index in [9.17, 15) is 14.9 Å². The summed E-state index contributed by atoms with van der Waals surface area (Å²) >= 11 is 1.73. The lowest BCUT2D eigenvalue weighted by Gasteiger charge is -2.19. The molecule has 2 N–H and O–H groups in total. The molecule has 1 aliphatic rings. The van der Waals surface area contributed by atoms with Crippen LogP contribution in [0, 0.1) is 10.1 Å². The summed E-state index contributed by atoms with van der Waals surface area (Å²) in [6, 6.07) is 4.57. The van der Waals surface area contributed by atoms with Gasteiger partial charge in [-0.25, -0.2) is 0 Å². The Morgan fingerprint density at radius 1 is 1.43 bits per heavy atom. The van der Waals surface area contributed by atoms with Crippen LogP contribution >= 0.6 is 11.8 Å². The van der Waals surface area contributed by atoms with Crippen LogP contribution in [0.15, 0.2) is 18.2 Å². The number of carbonyl (C=O) groups excluding carboxylic acids is 1. The second-order valence-electron chi connectivity index (χ2n) is 5.02. The summed E-state index contributed by atoms with van der Waals surface area (Å²) in [5.74, 6) is -0.371. The van der Waals surface area contributed by atoms with Crippen molar-refractivity contribution in [1.29, 1.82) is 0 Å². The predicted molar refractivity (Wildman–Crippen MR) is 85.1 cm³/mol. The quantitative estimate of drug-likeness (QED) is 0.645. The zero-order valence-electron chi connectivity index (χ0n) is 12.1. The van der Waals surface area contributed by atoms with Gasteiger partial charge < -0.3 is 10.6 Å². The Morgan fingerprint density at radius 2 is 2.19 bits per heavy atom. The van der Waals surface area contributed by atoms with Gasteiger partial charge >= 0.3 is 0 Å². The summed E-state index contributed by atoms with van der Waals surface area (Å²) in [6.07, 6.45) is 5.11. The number of nitrogens with one attached hydrogen (secondary N) is 2. The van der Waals surface area contributed by atoms with Gasteiger partial charge in [0.15, 0.2) is 0 Å². The predicted octanol–water partition coefficient (Wildman–Crippen LogP) is 2.65. The minimum atomic E-state index is -0.519. The molecule has 0 bridgehead atoms. The summed E-state index contributed by atoms with van der Waals surface area (Å²) < 4.78 is 0. The van der Waals surface area contributed by atoms with E-state index in [0.29, 0.717) is 10.9 Å². The van der Waals surface area contributed by atoms with Crippen molar-refractivity contribution in [1.82, 2.24) is 5.32 Å². The van der Waals surface area contributed by atoms with Crippen LogP contribution in [0.3, 0.4) is 0 Å². The fraction of sp³-hybridized carbons (Fsp3) is 0.500. The number of hydrogen-bond acceptors (Lipinski definition) is 5. The van der Waals surface area contributed by atoms with Gasteiger partial charge in [0.25, 0.3) is 11.6 Å². The van der Waals surface area contributed by atoms with Crippen molar-refractivity contribution in [2.24, 2.45) is 0 Å². The third-order valence-electron chi connectivity index (χ3n) is 3.80. The van der Waals surface area contributed by atoms with Crippen LogP contribution in [0.1, 0.15) is 29.6 Å². The fourth-order valence-corrected chi connectivity index (χ4v) is 3.59. The van der Waals surface area contributed by atoms with Crippen molar-refractivity contribution in [3.05, 3.63) is 33.9 Å². The molecule has 0 saturated heterocycles. The number of nitro benzene ring substituents is 1. The number of carbonyl (C=O) groups is 1. The van der Waals surface area contributed by atoms with E-state index >= 15 is 0 Å². The molecule has 1 aromatic rings. The van der Waals surface area contributed by atoms with Gasteiger partial charge in [-0.3, -0.25) is 14.9 Å². The van der Waals surface area contributed by atoms with E-state index in [2.05, 4.69) is 10.6 Å². The average molecular weight is 309 g/mol. The standard InChI is InChI=1S/C14H19N3O3S/c1-15-9-6-7-12(17(19)20)10(8-9)14(18)16-11-4-3-5-13(11)21-2/h6-8,11,13,15H,3-5H2,1-2H3,(H,16,18). The zero-order valence-corrected chi connectivity index (χ0v) is 12.9. The molecule has 1 aliphatic carbocycles. The Balaban J connectivity index is 2.23. The first kappa shape index (κ1) is 15.6. The van der Waals surface area contributed by atoms with Gasteiger partial charge in [-0.15, -0.1) is 0 Å². The van der Waals surface area contributed by atoms with Gasteiger partial charge in [0, 0.05) is 30.1 Å². The van der Waals surface area contributed by atoms with E-state index in [1.54, 1.807) is 24.9 Å². The summed E-state index contributed by atoms with van der Waals surface area (Å²) in [5, 5.41) is 17.3. The summed E-state index contributed by atoms with van der Waals surface area (Å²) in [4.78, 5) is 23.0. The van der Waals surface area contributed by atoms with Crippen molar-refractivity contribution in [3.63, 3.8) is 0 Å². The maximum Gasteiger partial charge on any atom is 0.282 e. The summed E-state index contributed by atoms with van der Waals surface area (Å²) in [6.45, 7) is 0. The molecule has 0 aliphatic heterocycles. The van der Waals surface area contributed by atoms with Crippen molar-refractivity contribution in [2.45, 2.75) is 30.6 Å². The number of nitrogens with zero attached hydrogens (tertiary/aromatic N) is 1. The molecule has 1 fully saturated rings. The third-order valence-corrected chi connectivity index (χ3v) is 4.97. The molecule has 6 nitrogen and oxygen atoms in total. The normalized spacial score (nSPS) is 21.0. The number of amides is 1. The Labute approximate surface area is 127 Å². The molecule has 0 radical (unpaired) electrons. The Kier molecular flexibility index (Phi) is 5.06. The highest BCUT2D eigenvalue weighted by Gasteiger charge is 2.30. The minimum absolute atomic E-state index is 0.0883. The first-order valence-corrected chi connectivity index (χ1v) is 8.15. The number of thioether (sulfide) groups is 1. The van der Waals surface area contributed by atoms with Crippen molar-refractivity contribution < 1.29 is 9.72 Å². The van der Waals surface area contributed by atoms with Gasteiger partial charge in [0.05, 0.1) is 4.92 Å². The highest BCUT2D eigenvalue weighted by atomic mass is 32.2. The lowest BCUT2D eigenvalue weighted by molar-refractivity contribution is -0.385. The third kappa shape index (κ3) is 3.47. The maximum atomic E-state index is 12.4. The number of hydrogen-bond donors (Lipinski definition) is 2. The van der Waals surface area contributed by atoms with E-state index < -0.39 is 4.92 Å². The molecular formula is C14H19N3O3S. The van der Waals surface area contributed by atoms with Gasteiger partial charge in [-0.1, -0.05) is 6.42 Å². The van der Waals surface area contributed by atoms with Gasteiger partial charge in [0.2, 0.25) is 0 Å². The monoisotopic (exact) mass is 309 g/mol. The smallest absolute Gasteiger partial charge is 0.282 e. The number of rotatable bonds is 5. The molecule has 1 amide bonds. The van der Waals surface area contributed by atoms with Crippen LogP contribution < -0.4 is 10.6 Å².